The summed E-state index contributed by atoms with van der Waals surface area (Å²) in [5.74, 6) is 0.778. The summed E-state index contributed by atoms with van der Waals surface area (Å²) in [6.07, 6.45) is 2.26. The zero-order chi connectivity index (χ0) is 17.7. The first-order valence-electron chi connectivity index (χ1n) is 7.05. The molecule has 7 nitrogen and oxygen atoms in total. The van der Waals surface area contributed by atoms with Gasteiger partial charge in [0.1, 0.15) is 5.82 Å². The molecule has 0 aliphatic heterocycles. The van der Waals surface area contributed by atoms with Gasteiger partial charge in [0.15, 0.2) is 0 Å². The molecule has 0 unspecified atom stereocenters. The Morgan fingerprint density at radius 1 is 1.33 bits per heavy atom. The van der Waals surface area contributed by atoms with Gasteiger partial charge in [-0.3, -0.25) is 0 Å². The molecule has 0 fully saturated rings. The van der Waals surface area contributed by atoms with E-state index in [-0.39, 0.29) is 18.6 Å². The quantitative estimate of drug-likeness (QED) is 0.593. The number of nitrogens with one attached hydrogen (secondary N) is 2. The Labute approximate surface area is 147 Å². The summed E-state index contributed by atoms with van der Waals surface area (Å²) in [4.78, 5) is 7.98. The van der Waals surface area contributed by atoms with E-state index in [1.165, 1.54) is 12.1 Å². The highest BCUT2D eigenvalue weighted by Crippen LogP contribution is 2.23. The minimum atomic E-state index is -4.72. The zero-order valence-corrected chi connectivity index (χ0v) is 15.1. The number of nitrogens with zero attached hydrogens (tertiary/aromatic N) is 2. The standard InChI is InChI=1S/C14H16BrFN4O3S/c1-2-9(8-21)18-13-12(15)7-17-14(20-13)19-10-3-5-11(6-4-10)24(16,22)23/h3-7,9,21H,2,8H2,1H3,(H2,17,18,19,20)/t9-/m1/s1. The van der Waals surface area contributed by atoms with Crippen molar-refractivity contribution in [3.63, 3.8) is 0 Å². The zero-order valence-electron chi connectivity index (χ0n) is 12.7. The monoisotopic (exact) mass is 418 g/mol. The summed E-state index contributed by atoms with van der Waals surface area (Å²) < 4.78 is 35.1. The molecule has 0 amide bonds. The number of hydrogen-bond acceptors (Lipinski definition) is 7. The number of rotatable bonds is 7. The van der Waals surface area contributed by atoms with Crippen LogP contribution in [0.2, 0.25) is 0 Å². The molecule has 2 aromatic rings. The van der Waals surface area contributed by atoms with E-state index >= 15 is 0 Å². The maximum Gasteiger partial charge on any atom is 0.332 e. The Morgan fingerprint density at radius 3 is 2.54 bits per heavy atom. The van der Waals surface area contributed by atoms with Crippen LogP contribution in [0.3, 0.4) is 0 Å². The van der Waals surface area contributed by atoms with Crippen molar-refractivity contribution in [2.24, 2.45) is 0 Å². The highest BCUT2D eigenvalue weighted by molar-refractivity contribution is 9.10. The highest BCUT2D eigenvalue weighted by Gasteiger charge is 2.12. The number of benzene rings is 1. The molecule has 10 heteroatoms. The van der Waals surface area contributed by atoms with Gasteiger partial charge in [0.25, 0.3) is 0 Å². The molecule has 0 saturated heterocycles. The maximum absolute atomic E-state index is 12.9. The van der Waals surface area contributed by atoms with Crippen LogP contribution in [0.15, 0.2) is 39.8 Å². The molecule has 3 N–H and O–H groups in total. The van der Waals surface area contributed by atoms with Gasteiger partial charge in [0, 0.05) is 11.9 Å². The van der Waals surface area contributed by atoms with E-state index < -0.39 is 15.1 Å². The fourth-order valence-corrected chi connectivity index (χ4v) is 2.60. The van der Waals surface area contributed by atoms with E-state index in [1.807, 2.05) is 6.92 Å². The summed E-state index contributed by atoms with van der Waals surface area (Å²) in [5, 5.41) is 15.2. The normalized spacial score (nSPS) is 12.7. The van der Waals surface area contributed by atoms with Crippen molar-refractivity contribution in [3.05, 3.63) is 34.9 Å². The van der Waals surface area contributed by atoms with Crippen LogP contribution in [-0.2, 0) is 10.2 Å². The molecular formula is C14H16BrFN4O3S. The molecule has 1 aromatic heterocycles. The Hall–Kier alpha value is -1.78. The lowest BCUT2D eigenvalue weighted by Crippen LogP contribution is -2.23. The van der Waals surface area contributed by atoms with Gasteiger partial charge in [-0.1, -0.05) is 6.92 Å². The predicted molar refractivity (Wildman–Crippen MR) is 92.5 cm³/mol. The number of anilines is 3. The molecule has 24 heavy (non-hydrogen) atoms. The van der Waals surface area contributed by atoms with E-state index in [9.17, 15) is 17.4 Å². The second-order valence-corrected chi connectivity index (χ2v) is 7.11. The molecule has 0 radical (unpaired) electrons. The van der Waals surface area contributed by atoms with Crippen molar-refractivity contribution >= 4 is 43.6 Å². The van der Waals surface area contributed by atoms with Gasteiger partial charge in [-0.25, -0.2) is 4.98 Å². The topological polar surface area (TPSA) is 104 Å². The Bertz CT molecular complexity index is 798. The Kier molecular flexibility index (Phi) is 6.08. The van der Waals surface area contributed by atoms with Crippen LogP contribution in [0, 0.1) is 0 Å². The molecule has 0 saturated carbocycles. The van der Waals surface area contributed by atoms with Crippen LogP contribution in [-0.4, -0.2) is 36.1 Å². The van der Waals surface area contributed by atoms with Gasteiger partial charge in [0.05, 0.1) is 22.0 Å². The molecule has 130 valence electrons. The fourth-order valence-electron chi connectivity index (χ4n) is 1.83. The van der Waals surface area contributed by atoms with Gasteiger partial charge >= 0.3 is 10.2 Å². The van der Waals surface area contributed by atoms with Crippen molar-refractivity contribution in [1.82, 2.24) is 9.97 Å². The van der Waals surface area contributed by atoms with E-state index in [2.05, 4.69) is 36.5 Å². The Balaban J connectivity index is 2.18. The molecule has 2 rings (SSSR count). The molecule has 0 spiro atoms. The number of aliphatic hydroxyl groups is 1. The largest absolute Gasteiger partial charge is 0.394 e. The van der Waals surface area contributed by atoms with E-state index in [0.29, 0.717) is 16.0 Å². The summed E-state index contributed by atoms with van der Waals surface area (Å²) in [5.41, 5.74) is 0.505. The van der Waals surface area contributed by atoms with E-state index in [0.717, 1.165) is 18.6 Å². The second kappa shape index (κ2) is 7.86. The van der Waals surface area contributed by atoms with Gasteiger partial charge < -0.3 is 15.7 Å². The number of hydrogen-bond donors (Lipinski definition) is 3. The number of aromatic nitrogens is 2. The van der Waals surface area contributed by atoms with E-state index in [1.54, 1.807) is 6.20 Å². The minimum Gasteiger partial charge on any atom is -0.394 e. The van der Waals surface area contributed by atoms with Crippen LogP contribution in [0.1, 0.15) is 13.3 Å². The molecular weight excluding hydrogens is 403 g/mol. The molecule has 0 aliphatic carbocycles. The van der Waals surface area contributed by atoms with Crippen LogP contribution < -0.4 is 10.6 Å². The lowest BCUT2D eigenvalue weighted by atomic mass is 10.2. The molecule has 1 aromatic carbocycles. The van der Waals surface area contributed by atoms with Crippen molar-refractivity contribution < 1.29 is 17.4 Å². The molecule has 0 aliphatic rings. The Morgan fingerprint density at radius 2 is 2.00 bits per heavy atom. The first-order valence-corrected chi connectivity index (χ1v) is 9.22. The molecule has 0 bridgehead atoms. The SMILES string of the molecule is CC[C@H](CO)Nc1nc(Nc2ccc(S(=O)(=O)F)cc2)ncc1Br. The maximum atomic E-state index is 12.9. The third-order valence-corrected chi connectivity index (χ3v) is 4.61. The number of halogens is 2. The highest BCUT2D eigenvalue weighted by atomic mass is 79.9. The van der Waals surface area contributed by atoms with Gasteiger partial charge in [-0.2, -0.15) is 13.4 Å². The second-order valence-electron chi connectivity index (χ2n) is 4.91. The van der Waals surface area contributed by atoms with Crippen LogP contribution in [0.25, 0.3) is 0 Å². The summed E-state index contributed by atoms with van der Waals surface area (Å²) >= 11 is 3.33. The third kappa shape index (κ3) is 4.86. The van der Waals surface area contributed by atoms with Crippen molar-refractivity contribution in [1.29, 1.82) is 0 Å². The average molecular weight is 419 g/mol. The molecule has 1 heterocycles. The fraction of sp³-hybridized carbons (Fsp3) is 0.286. The van der Waals surface area contributed by atoms with E-state index in [4.69, 9.17) is 0 Å². The molecule has 1 atom stereocenters. The van der Waals surface area contributed by atoms with Crippen molar-refractivity contribution in [3.8, 4) is 0 Å². The lowest BCUT2D eigenvalue weighted by molar-refractivity contribution is 0.271. The number of aliphatic hydroxyl groups excluding tert-OH is 1. The lowest BCUT2D eigenvalue weighted by Gasteiger charge is -2.16. The smallest absolute Gasteiger partial charge is 0.332 e. The summed E-state index contributed by atoms with van der Waals surface area (Å²) in [7, 11) is -4.72. The van der Waals surface area contributed by atoms with Crippen molar-refractivity contribution in [2.75, 3.05) is 17.2 Å². The minimum absolute atomic E-state index is 0.0329. The van der Waals surface area contributed by atoms with Gasteiger partial charge in [-0.05, 0) is 46.6 Å². The average Bonchev–Trinajstić information content (AvgIpc) is 2.55. The first-order chi connectivity index (χ1) is 11.3. The van der Waals surface area contributed by atoms with Crippen molar-refractivity contribution in [2.45, 2.75) is 24.3 Å². The summed E-state index contributed by atoms with van der Waals surface area (Å²) in [6, 6.07) is 4.97. The van der Waals surface area contributed by atoms with Gasteiger partial charge in [-0.15, -0.1) is 3.89 Å². The van der Waals surface area contributed by atoms with Crippen LogP contribution in [0.5, 0.6) is 0 Å². The van der Waals surface area contributed by atoms with Gasteiger partial charge in [0.2, 0.25) is 5.95 Å². The van der Waals surface area contributed by atoms with Crippen LogP contribution >= 0.6 is 15.9 Å². The third-order valence-electron chi connectivity index (χ3n) is 3.19. The first kappa shape index (κ1) is 18.6. The summed E-state index contributed by atoms with van der Waals surface area (Å²) in [6.45, 7) is 1.90. The van der Waals surface area contributed by atoms with Crippen LogP contribution in [0.4, 0.5) is 21.3 Å². The predicted octanol–water partition coefficient (Wildman–Crippen LogP) is 2.82.